The highest BCUT2D eigenvalue weighted by molar-refractivity contribution is 5.54. The molecule has 1 N–H and O–H groups in total. The van der Waals surface area contributed by atoms with Gasteiger partial charge in [0.05, 0.1) is 16.7 Å². The number of hydrogen-bond acceptors (Lipinski definition) is 4. The second-order valence-corrected chi connectivity index (χ2v) is 5.33. The summed E-state index contributed by atoms with van der Waals surface area (Å²) in [4.78, 5) is 10.5. The molecule has 0 spiro atoms. The first-order valence-corrected chi connectivity index (χ1v) is 6.83. The lowest BCUT2D eigenvalue weighted by Crippen LogP contribution is -2.09. The van der Waals surface area contributed by atoms with Crippen LogP contribution in [0.5, 0.6) is 0 Å². The Morgan fingerprint density at radius 3 is 2.48 bits per heavy atom. The summed E-state index contributed by atoms with van der Waals surface area (Å²) in [6, 6.07) is 5.16. The fourth-order valence-corrected chi connectivity index (χ4v) is 2.69. The van der Waals surface area contributed by atoms with Gasteiger partial charge in [0.15, 0.2) is 0 Å². The second kappa shape index (κ2) is 5.55. The summed E-state index contributed by atoms with van der Waals surface area (Å²) < 4.78 is 1.87. The number of aromatic nitrogens is 2. The van der Waals surface area contributed by atoms with Crippen LogP contribution in [0.1, 0.15) is 35.5 Å². The van der Waals surface area contributed by atoms with Gasteiger partial charge in [0, 0.05) is 35.6 Å². The van der Waals surface area contributed by atoms with E-state index in [0.29, 0.717) is 5.56 Å². The van der Waals surface area contributed by atoms with Gasteiger partial charge in [-0.2, -0.15) is 5.10 Å². The van der Waals surface area contributed by atoms with Crippen LogP contribution in [0.3, 0.4) is 0 Å². The summed E-state index contributed by atoms with van der Waals surface area (Å²) in [6.07, 6.45) is 0. The molecule has 0 saturated carbocycles. The molecule has 21 heavy (non-hydrogen) atoms. The molecule has 1 heterocycles. The molecule has 0 aliphatic rings. The van der Waals surface area contributed by atoms with E-state index in [1.54, 1.807) is 19.1 Å². The zero-order valence-electron chi connectivity index (χ0n) is 13.0. The highest BCUT2D eigenvalue weighted by atomic mass is 16.6. The third-order valence-corrected chi connectivity index (χ3v) is 3.77. The van der Waals surface area contributed by atoms with E-state index in [2.05, 4.69) is 17.3 Å². The Hall–Kier alpha value is -2.37. The first kappa shape index (κ1) is 15.0. The summed E-state index contributed by atoms with van der Waals surface area (Å²) in [5.74, 6) is 0. The van der Waals surface area contributed by atoms with Crippen molar-refractivity contribution in [3.8, 4) is 0 Å². The van der Waals surface area contributed by atoms with E-state index in [-0.39, 0.29) is 16.7 Å². The van der Waals surface area contributed by atoms with Crippen LogP contribution in [-0.4, -0.2) is 14.7 Å². The van der Waals surface area contributed by atoms with Crippen LogP contribution < -0.4 is 5.32 Å². The average Bonchev–Trinajstić information content (AvgIpc) is 2.62. The number of nitrogens with zero attached hydrogens (tertiary/aromatic N) is 3. The van der Waals surface area contributed by atoms with Crippen molar-refractivity contribution in [3.63, 3.8) is 0 Å². The Morgan fingerprint density at radius 1 is 1.33 bits per heavy atom. The fourth-order valence-electron chi connectivity index (χ4n) is 2.69. The van der Waals surface area contributed by atoms with Gasteiger partial charge in [-0.15, -0.1) is 0 Å². The summed E-state index contributed by atoms with van der Waals surface area (Å²) in [7, 11) is 1.93. The Morgan fingerprint density at radius 2 is 2.00 bits per heavy atom. The van der Waals surface area contributed by atoms with E-state index < -0.39 is 0 Å². The number of rotatable bonds is 4. The lowest BCUT2D eigenvalue weighted by Gasteiger charge is -2.16. The Kier molecular flexibility index (Phi) is 3.97. The number of aryl methyl sites for hydroxylation is 3. The number of hydrogen-bond donors (Lipinski definition) is 1. The predicted octanol–water partition coefficient (Wildman–Crippen LogP) is 3.43. The Balaban J connectivity index is 2.25. The van der Waals surface area contributed by atoms with Gasteiger partial charge >= 0.3 is 0 Å². The van der Waals surface area contributed by atoms with Crippen LogP contribution in [0.4, 0.5) is 11.4 Å². The van der Waals surface area contributed by atoms with Crippen LogP contribution >= 0.6 is 0 Å². The van der Waals surface area contributed by atoms with Crippen molar-refractivity contribution in [3.05, 3.63) is 50.8 Å². The molecule has 1 aromatic carbocycles. The average molecular weight is 288 g/mol. The van der Waals surface area contributed by atoms with Crippen LogP contribution in [0.15, 0.2) is 18.2 Å². The molecule has 2 rings (SSSR count). The zero-order chi connectivity index (χ0) is 15.7. The number of nitro benzene ring substituents is 1. The molecule has 0 amide bonds. The van der Waals surface area contributed by atoms with Crippen LogP contribution in [0.25, 0.3) is 0 Å². The van der Waals surface area contributed by atoms with Crippen LogP contribution in [0.2, 0.25) is 0 Å². The molecular weight excluding hydrogens is 268 g/mol. The Bertz CT molecular complexity index is 691. The molecule has 0 radical (unpaired) electrons. The maximum Gasteiger partial charge on any atom is 0.272 e. The molecule has 2 aromatic rings. The normalized spacial score (nSPS) is 12.2. The van der Waals surface area contributed by atoms with Crippen molar-refractivity contribution in [2.45, 2.75) is 33.7 Å². The summed E-state index contributed by atoms with van der Waals surface area (Å²) >= 11 is 0. The summed E-state index contributed by atoms with van der Waals surface area (Å²) in [5, 5.41) is 18.6. The molecule has 0 aliphatic heterocycles. The van der Waals surface area contributed by atoms with Crippen molar-refractivity contribution in [1.29, 1.82) is 0 Å². The molecule has 1 atom stereocenters. The SMILES string of the molecule is Cc1cc(NC(C)c2c(C)nn(C)c2C)ccc1[N+](=O)[O-]. The minimum absolute atomic E-state index is 0.0829. The highest BCUT2D eigenvalue weighted by Gasteiger charge is 2.17. The van der Waals surface area contributed by atoms with E-state index in [9.17, 15) is 10.1 Å². The molecule has 0 aliphatic carbocycles. The zero-order valence-corrected chi connectivity index (χ0v) is 13.0. The number of benzene rings is 1. The standard InChI is InChI=1S/C15H20N4O2/c1-9-8-13(6-7-14(9)19(20)21)16-10(2)15-11(3)17-18(5)12(15)4/h6-8,10,16H,1-5H3. The van der Waals surface area contributed by atoms with Gasteiger partial charge in [0.1, 0.15) is 0 Å². The molecule has 6 nitrogen and oxygen atoms in total. The second-order valence-electron chi connectivity index (χ2n) is 5.33. The van der Waals surface area contributed by atoms with Gasteiger partial charge in [-0.3, -0.25) is 14.8 Å². The quantitative estimate of drug-likeness (QED) is 0.691. The van der Waals surface area contributed by atoms with Crippen molar-refractivity contribution >= 4 is 11.4 Å². The van der Waals surface area contributed by atoms with Gasteiger partial charge in [-0.05, 0) is 39.8 Å². The van der Waals surface area contributed by atoms with Crippen molar-refractivity contribution in [2.24, 2.45) is 7.05 Å². The van der Waals surface area contributed by atoms with Crippen molar-refractivity contribution < 1.29 is 4.92 Å². The lowest BCUT2D eigenvalue weighted by atomic mass is 10.1. The van der Waals surface area contributed by atoms with Crippen molar-refractivity contribution in [1.82, 2.24) is 9.78 Å². The van der Waals surface area contributed by atoms with E-state index in [4.69, 9.17) is 0 Å². The molecule has 0 bridgehead atoms. The predicted molar refractivity (Wildman–Crippen MR) is 82.6 cm³/mol. The van der Waals surface area contributed by atoms with Crippen molar-refractivity contribution in [2.75, 3.05) is 5.32 Å². The molecule has 1 unspecified atom stereocenters. The largest absolute Gasteiger partial charge is 0.378 e. The maximum atomic E-state index is 10.8. The lowest BCUT2D eigenvalue weighted by molar-refractivity contribution is -0.385. The first-order valence-electron chi connectivity index (χ1n) is 6.83. The number of nitro groups is 1. The van der Waals surface area contributed by atoms with E-state index in [1.807, 2.05) is 25.6 Å². The van der Waals surface area contributed by atoms with Gasteiger partial charge in [-0.1, -0.05) is 0 Å². The number of nitrogens with one attached hydrogen (secondary N) is 1. The molecule has 1 aromatic heterocycles. The minimum Gasteiger partial charge on any atom is -0.378 e. The topological polar surface area (TPSA) is 73.0 Å². The van der Waals surface area contributed by atoms with Gasteiger partial charge in [0.25, 0.3) is 5.69 Å². The maximum absolute atomic E-state index is 10.8. The minimum atomic E-state index is -0.363. The smallest absolute Gasteiger partial charge is 0.272 e. The first-order chi connectivity index (χ1) is 9.81. The van der Waals surface area contributed by atoms with Crippen LogP contribution in [-0.2, 0) is 7.05 Å². The highest BCUT2D eigenvalue weighted by Crippen LogP contribution is 2.27. The molecule has 0 saturated heterocycles. The fraction of sp³-hybridized carbons (Fsp3) is 0.400. The third kappa shape index (κ3) is 2.89. The third-order valence-electron chi connectivity index (χ3n) is 3.77. The molecule has 0 fully saturated rings. The molecule has 6 heteroatoms. The van der Waals surface area contributed by atoms with Gasteiger partial charge in [-0.25, -0.2) is 0 Å². The summed E-state index contributed by atoms with van der Waals surface area (Å²) in [5.41, 5.74) is 4.93. The van der Waals surface area contributed by atoms with Gasteiger partial charge in [0.2, 0.25) is 0 Å². The van der Waals surface area contributed by atoms with Crippen LogP contribution in [0, 0.1) is 30.9 Å². The Labute approximate surface area is 123 Å². The van der Waals surface area contributed by atoms with E-state index in [0.717, 1.165) is 22.6 Å². The summed E-state index contributed by atoms with van der Waals surface area (Å²) in [6.45, 7) is 7.83. The van der Waals surface area contributed by atoms with E-state index in [1.165, 1.54) is 6.07 Å². The number of anilines is 1. The van der Waals surface area contributed by atoms with E-state index >= 15 is 0 Å². The molecular formula is C15H20N4O2. The molecule has 112 valence electrons. The van der Waals surface area contributed by atoms with Gasteiger partial charge < -0.3 is 5.32 Å². The monoisotopic (exact) mass is 288 g/mol.